The maximum Gasteiger partial charge on any atom is 0.251 e. The first-order chi connectivity index (χ1) is 14.0. The number of hydrogen-bond acceptors (Lipinski definition) is 6. The third-order valence-electron chi connectivity index (χ3n) is 4.39. The monoisotopic (exact) mass is 414 g/mol. The fourth-order valence-electron chi connectivity index (χ4n) is 2.78. The van der Waals surface area contributed by atoms with Gasteiger partial charge in [0.2, 0.25) is 0 Å². The Bertz CT molecular complexity index is 1050. The molecule has 9 heteroatoms. The Balaban J connectivity index is 1.64. The molecule has 0 unspecified atom stereocenters. The summed E-state index contributed by atoms with van der Waals surface area (Å²) >= 11 is 0. The zero-order chi connectivity index (χ0) is 20.7. The number of ether oxygens (including phenoxy) is 1. The molecule has 0 aliphatic carbocycles. The summed E-state index contributed by atoms with van der Waals surface area (Å²) in [6.45, 7) is 1.02. The highest BCUT2D eigenvalue weighted by atomic mass is 32.2. The van der Waals surface area contributed by atoms with Gasteiger partial charge in [0.15, 0.2) is 9.84 Å². The fraction of sp³-hybridized carbons (Fsp3) is 0.250. The highest BCUT2D eigenvalue weighted by Gasteiger charge is 2.15. The number of nitrogens with one attached hydrogen (secondary N) is 1. The molecule has 0 spiro atoms. The topological polar surface area (TPSA) is 103 Å². The molecular weight excluding hydrogens is 392 g/mol. The molecule has 0 saturated heterocycles. The van der Waals surface area contributed by atoms with Crippen molar-refractivity contribution in [2.45, 2.75) is 18.0 Å². The van der Waals surface area contributed by atoms with E-state index >= 15 is 0 Å². The van der Waals surface area contributed by atoms with Gasteiger partial charge in [-0.1, -0.05) is 24.3 Å². The van der Waals surface area contributed by atoms with E-state index in [0.29, 0.717) is 18.7 Å². The number of amides is 1. The lowest BCUT2D eigenvalue weighted by Gasteiger charge is -2.11. The van der Waals surface area contributed by atoms with Crippen molar-refractivity contribution in [3.05, 3.63) is 77.9 Å². The van der Waals surface area contributed by atoms with Crippen LogP contribution in [0.3, 0.4) is 0 Å². The van der Waals surface area contributed by atoms with E-state index in [-0.39, 0.29) is 23.2 Å². The summed E-state index contributed by atoms with van der Waals surface area (Å²) < 4.78 is 30.9. The highest BCUT2D eigenvalue weighted by molar-refractivity contribution is 7.91. The minimum Gasteiger partial charge on any atom is -0.384 e. The standard InChI is InChI=1S/C20H22N4O4S/c1-28-10-11-29(26,27)19-8-6-16(7-9-19)20(25)22-12-17-4-2-3-5-18(17)13-24-15-21-14-23-24/h2-9,14-15H,10-13H2,1H3,(H,22,25). The Kier molecular flexibility index (Phi) is 6.73. The highest BCUT2D eigenvalue weighted by Crippen LogP contribution is 2.14. The van der Waals surface area contributed by atoms with Crippen molar-refractivity contribution >= 4 is 15.7 Å². The van der Waals surface area contributed by atoms with Gasteiger partial charge in [-0.25, -0.2) is 18.1 Å². The Labute approximate surface area is 169 Å². The smallest absolute Gasteiger partial charge is 0.251 e. The quantitative estimate of drug-likeness (QED) is 0.571. The van der Waals surface area contributed by atoms with Gasteiger partial charge in [0.1, 0.15) is 12.7 Å². The molecule has 1 amide bonds. The molecule has 8 nitrogen and oxygen atoms in total. The van der Waals surface area contributed by atoms with Crippen molar-refractivity contribution in [1.82, 2.24) is 20.1 Å². The summed E-state index contributed by atoms with van der Waals surface area (Å²) in [4.78, 5) is 16.6. The Morgan fingerprint density at radius 3 is 2.48 bits per heavy atom. The molecule has 3 rings (SSSR count). The number of carbonyl (C=O) groups excluding carboxylic acids is 1. The SMILES string of the molecule is COCCS(=O)(=O)c1ccc(C(=O)NCc2ccccc2Cn2cncn2)cc1. The lowest BCUT2D eigenvalue weighted by Crippen LogP contribution is -2.23. The molecule has 0 bridgehead atoms. The van der Waals surface area contributed by atoms with Gasteiger partial charge in [0.05, 0.1) is 23.8 Å². The molecule has 0 fully saturated rings. The predicted octanol–water partition coefficient (Wildman–Crippen LogP) is 1.68. The number of nitrogens with zero attached hydrogens (tertiary/aromatic N) is 3. The molecular formula is C20H22N4O4S. The van der Waals surface area contributed by atoms with Crippen molar-refractivity contribution in [1.29, 1.82) is 0 Å². The van der Waals surface area contributed by atoms with Gasteiger partial charge < -0.3 is 10.1 Å². The minimum absolute atomic E-state index is 0.0996. The van der Waals surface area contributed by atoms with Crippen molar-refractivity contribution in [3.63, 3.8) is 0 Å². The molecule has 2 aromatic carbocycles. The van der Waals surface area contributed by atoms with Crippen LogP contribution in [-0.2, 0) is 27.7 Å². The van der Waals surface area contributed by atoms with E-state index in [1.807, 2.05) is 24.3 Å². The van der Waals surface area contributed by atoms with Crippen LogP contribution >= 0.6 is 0 Å². The van der Waals surface area contributed by atoms with Gasteiger partial charge in [0, 0.05) is 19.2 Å². The van der Waals surface area contributed by atoms with E-state index in [9.17, 15) is 13.2 Å². The first-order valence-corrected chi connectivity index (χ1v) is 10.6. The van der Waals surface area contributed by atoms with Gasteiger partial charge in [-0.2, -0.15) is 5.10 Å². The summed E-state index contributed by atoms with van der Waals surface area (Å²) in [5.74, 6) is -0.376. The number of hydrogen-bond donors (Lipinski definition) is 1. The molecule has 0 saturated carbocycles. The Hall–Kier alpha value is -3.04. The van der Waals surface area contributed by atoms with E-state index in [0.717, 1.165) is 11.1 Å². The number of carbonyl (C=O) groups is 1. The zero-order valence-electron chi connectivity index (χ0n) is 16.0. The number of benzene rings is 2. The predicted molar refractivity (Wildman–Crippen MR) is 107 cm³/mol. The molecule has 152 valence electrons. The molecule has 0 atom stereocenters. The molecule has 1 aromatic heterocycles. The molecule has 1 N–H and O–H groups in total. The first-order valence-electron chi connectivity index (χ1n) is 8.99. The van der Waals surface area contributed by atoms with E-state index in [1.165, 1.54) is 37.7 Å². The second kappa shape index (κ2) is 9.44. The second-order valence-electron chi connectivity index (χ2n) is 6.38. The van der Waals surface area contributed by atoms with Crippen molar-refractivity contribution in [2.75, 3.05) is 19.5 Å². The van der Waals surface area contributed by atoms with E-state index in [1.54, 1.807) is 11.0 Å². The average Bonchev–Trinajstić information content (AvgIpc) is 3.24. The number of rotatable bonds is 9. The van der Waals surface area contributed by atoms with Gasteiger partial charge in [-0.05, 0) is 35.4 Å². The fourth-order valence-corrected chi connectivity index (χ4v) is 3.95. The van der Waals surface area contributed by atoms with Crippen LogP contribution in [0.25, 0.3) is 0 Å². The first kappa shape index (κ1) is 20.7. The molecule has 1 heterocycles. The Morgan fingerprint density at radius 1 is 1.10 bits per heavy atom. The summed E-state index contributed by atoms with van der Waals surface area (Å²) in [7, 11) is -1.97. The van der Waals surface area contributed by atoms with Crippen LogP contribution in [0.1, 0.15) is 21.5 Å². The van der Waals surface area contributed by atoms with E-state index < -0.39 is 9.84 Å². The average molecular weight is 414 g/mol. The maximum atomic E-state index is 12.5. The van der Waals surface area contributed by atoms with Crippen LogP contribution in [0.4, 0.5) is 0 Å². The number of sulfone groups is 1. The van der Waals surface area contributed by atoms with Crippen molar-refractivity contribution in [2.24, 2.45) is 0 Å². The summed E-state index contributed by atoms with van der Waals surface area (Å²) in [6, 6.07) is 13.7. The zero-order valence-corrected chi connectivity index (χ0v) is 16.8. The van der Waals surface area contributed by atoms with Crippen LogP contribution in [0.5, 0.6) is 0 Å². The van der Waals surface area contributed by atoms with Gasteiger partial charge in [-0.3, -0.25) is 4.79 Å². The summed E-state index contributed by atoms with van der Waals surface area (Å²) in [5, 5.41) is 6.98. The van der Waals surface area contributed by atoms with Crippen LogP contribution in [-0.4, -0.2) is 48.6 Å². The second-order valence-corrected chi connectivity index (χ2v) is 8.49. The maximum absolute atomic E-state index is 12.5. The molecule has 3 aromatic rings. The third-order valence-corrected chi connectivity index (χ3v) is 6.08. The third kappa shape index (κ3) is 5.49. The molecule has 0 aliphatic heterocycles. The summed E-state index contributed by atoms with van der Waals surface area (Å²) in [5.41, 5.74) is 2.39. The normalized spacial score (nSPS) is 11.3. The minimum atomic E-state index is -3.42. The number of aromatic nitrogens is 3. The number of methoxy groups -OCH3 is 1. The van der Waals surface area contributed by atoms with Gasteiger partial charge in [0.25, 0.3) is 5.91 Å². The van der Waals surface area contributed by atoms with Crippen LogP contribution < -0.4 is 5.32 Å². The van der Waals surface area contributed by atoms with Crippen LogP contribution in [0, 0.1) is 0 Å². The van der Waals surface area contributed by atoms with Gasteiger partial charge in [-0.15, -0.1) is 0 Å². The molecule has 29 heavy (non-hydrogen) atoms. The van der Waals surface area contributed by atoms with E-state index in [4.69, 9.17) is 4.74 Å². The van der Waals surface area contributed by atoms with E-state index in [2.05, 4.69) is 15.4 Å². The van der Waals surface area contributed by atoms with Crippen molar-refractivity contribution < 1.29 is 17.9 Å². The molecule has 0 aliphatic rings. The lowest BCUT2D eigenvalue weighted by atomic mass is 10.1. The van der Waals surface area contributed by atoms with Crippen LogP contribution in [0.2, 0.25) is 0 Å². The lowest BCUT2D eigenvalue weighted by molar-refractivity contribution is 0.0950. The Morgan fingerprint density at radius 2 is 1.83 bits per heavy atom. The van der Waals surface area contributed by atoms with Crippen molar-refractivity contribution in [3.8, 4) is 0 Å². The largest absolute Gasteiger partial charge is 0.384 e. The molecule has 0 radical (unpaired) electrons. The summed E-state index contributed by atoms with van der Waals surface area (Å²) in [6.07, 6.45) is 3.11. The van der Waals surface area contributed by atoms with Crippen LogP contribution in [0.15, 0.2) is 66.1 Å². The van der Waals surface area contributed by atoms with Gasteiger partial charge >= 0.3 is 0 Å².